The highest BCUT2D eigenvalue weighted by molar-refractivity contribution is 7.89. The third kappa shape index (κ3) is 3.49. The average molecular weight is 352 g/mol. The van der Waals surface area contributed by atoms with Gasteiger partial charge in [-0.1, -0.05) is 0 Å². The first-order valence-corrected chi connectivity index (χ1v) is 9.17. The van der Waals surface area contributed by atoms with E-state index in [4.69, 9.17) is 4.74 Å². The number of rotatable bonds is 6. The number of anilines is 1. The Hall–Kier alpha value is -2.20. The van der Waals surface area contributed by atoms with E-state index in [1.165, 1.54) is 12.5 Å². The summed E-state index contributed by atoms with van der Waals surface area (Å²) in [6, 6.07) is -0.214. The highest BCUT2D eigenvalue weighted by atomic mass is 32.2. The molecule has 2 aromatic heterocycles. The molecule has 0 saturated carbocycles. The molecule has 2 aromatic rings. The first-order valence-electron chi connectivity index (χ1n) is 7.68. The van der Waals surface area contributed by atoms with Gasteiger partial charge in [-0.25, -0.2) is 28.1 Å². The van der Waals surface area contributed by atoms with Crippen LogP contribution < -0.4 is 14.4 Å². The molecular weight excluding hydrogens is 332 g/mol. The molecule has 0 aromatic carbocycles. The molecule has 0 aliphatic carbocycles. The van der Waals surface area contributed by atoms with Crippen molar-refractivity contribution >= 4 is 15.8 Å². The topological polar surface area (TPSA) is 102 Å². The van der Waals surface area contributed by atoms with E-state index in [-0.39, 0.29) is 11.1 Å². The Kier molecular flexibility index (Phi) is 4.67. The second-order valence-electron chi connectivity index (χ2n) is 5.55. The van der Waals surface area contributed by atoms with Gasteiger partial charge in [-0.05, 0) is 13.3 Å². The standard InChI is InChI=1S/C14H20N6O3S/c1-3-23-14-13(15-5-6-16-14)20-7-4-11(8-20)18-24(21,22)12-9-19(2)10-17-12/h5-6,9-11,18H,3-4,7-8H2,1-2H3. The van der Waals surface area contributed by atoms with E-state index in [0.29, 0.717) is 37.8 Å². The Labute approximate surface area is 140 Å². The minimum Gasteiger partial charge on any atom is -0.475 e. The zero-order chi connectivity index (χ0) is 17.2. The van der Waals surface area contributed by atoms with Crippen molar-refractivity contribution in [3.63, 3.8) is 0 Å². The molecule has 1 N–H and O–H groups in total. The van der Waals surface area contributed by atoms with Crippen LogP contribution in [-0.2, 0) is 17.1 Å². The van der Waals surface area contributed by atoms with Gasteiger partial charge in [-0.15, -0.1) is 0 Å². The lowest BCUT2D eigenvalue weighted by Gasteiger charge is -2.19. The molecule has 0 amide bonds. The third-order valence-corrected chi connectivity index (χ3v) is 5.10. The van der Waals surface area contributed by atoms with Crippen LogP contribution in [-0.4, -0.2) is 53.7 Å². The van der Waals surface area contributed by atoms with E-state index >= 15 is 0 Å². The monoisotopic (exact) mass is 352 g/mol. The highest BCUT2D eigenvalue weighted by Gasteiger charge is 2.30. The predicted molar refractivity (Wildman–Crippen MR) is 87.3 cm³/mol. The van der Waals surface area contributed by atoms with Crippen molar-refractivity contribution in [2.45, 2.75) is 24.4 Å². The Balaban J connectivity index is 1.70. The van der Waals surface area contributed by atoms with E-state index < -0.39 is 10.0 Å². The minimum atomic E-state index is -3.62. The molecule has 1 atom stereocenters. The summed E-state index contributed by atoms with van der Waals surface area (Å²) in [7, 11) is -1.90. The Morgan fingerprint density at radius 3 is 2.83 bits per heavy atom. The van der Waals surface area contributed by atoms with E-state index in [9.17, 15) is 8.42 Å². The van der Waals surface area contributed by atoms with Gasteiger partial charge >= 0.3 is 0 Å². The van der Waals surface area contributed by atoms with Crippen LogP contribution in [0.15, 0.2) is 29.9 Å². The third-order valence-electron chi connectivity index (χ3n) is 3.69. The number of nitrogens with zero attached hydrogens (tertiary/aromatic N) is 5. The van der Waals surface area contributed by atoms with Crippen LogP contribution in [0.4, 0.5) is 5.82 Å². The molecular formula is C14H20N6O3S. The molecule has 1 unspecified atom stereocenters. The molecule has 24 heavy (non-hydrogen) atoms. The van der Waals surface area contributed by atoms with Crippen LogP contribution in [0.2, 0.25) is 0 Å². The quantitative estimate of drug-likeness (QED) is 0.790. The van der Waals surface area contributed by atoms with Crippen molar-refractivity contribution < 1.29 is 13.2 Å². The smallest absolute Gasteiger partial charge is 0.259 e. The maximum Gasteiger partial charge on any atom is 0.259 e. The van der Waals surface area contributed by atoms with Crippen LogP contribution in [0.5, 0.6) is 5.88 Å². The number of hydrogen-bond acceptors (Lipinski definition) is 7. The lowest BCUT2D eigenvalue weighted by molar-refractivity contribution is 0.326. The van der Waals surface area contributed by atoms with Gasteiger partial charge in [0.05, 0.1) is 12.9 Å². The number of sulfonamides is 1. The van der Waals surface area contributed by atoms with E-state index in [2.05, 4.69) is 19.7 Å². The summed E-state index contributed by atoms with van der Waals surface area (Å²) in [5.41, 5.74) is 0. The van der Waals surface area contributed by atoms with Crippen LogP contribution in [0, 0.1) is 0 Å². The molecule has 1 aliphatic rings. The van der Waals surface area contributed by atoms with Crippen molar-refractivity contribution in [1.29, 1.82) is 0 Å². The van der Waals surface area contributed by atoms with E-state index in [1.807, 2.05) is 11.8 Å². The second-order valence-corrected chi connectivity index (χ2v) is 7.21. The number of aromatic nitrogens is 4. The van der Waals surface area contributed by atoms with Gasteiger partial charge in [0.15, 0.2) is 10.8 Å². The first kappa shape index (κ1) is 16.7. The maximum atomic E-state index is 12.4. The fourth-order valence-corrected chi connectivity index (χ4v) is 3.87. The molecule has 0 spiro atoms. The fourth-order valence-electron chi connectivity index (χ4n) is 2.63. The summed E-state index contributed by atoms with van der Waals surface area (Å²) in [5.74, 6) is 1.10. The molecule has 0 bridgehead atoms. The highest BCUT2D eigenvalue weighted by Crippen LogP contribution is 2.26. The van der Waals surface area contributed by atoms with Crippen molar-refractivity contribution in [2.24, 2.45) is 7.05 Å². The summed E-state index contributed by atoms with van der Waals surface area (Å²) in [6.45, 7) is 3.56. The number of imidazole rings is 1. The van der Waals surface area contributed by atoms with Gasteiger partial charge in [-0.3, -0.25) is 0 Å². The van der Waals surface area contributed by atoms with Crippen molar-refractivity contribution in [1.82, 2.24) is 24.2 Å². The van der Waals surface area contributed by atoms with Crippen LogP contribution in [0.1, 0.15) is 13.3 Å². The summed E-state index contributed by atoms with van der Waals surface area (Å²) < 4.78 is 34.5. The molecule has 3 heterocycles. The summed E-state index contributed by atoms with van der Waals surface area (Å²) in [4.78, 5) is 14.4. The fraction of sp³-hybridized carbons (Fsp3) is 0.500. The van der Waals surface area contributed by atoms with Crippen molar-refractivity contribution in [3.05, 3.63) is 24.9 Å². The van der Waals surface area contributed by atoms with Crippen LogP contribution >= 0.6 is 0 Å². The Morgan fingerprint density at radius 2 is 2.12 bits per heavy atom. The van der Waals surface area contributed by atoms with Crippen molar-refractivity contribution in [3.8, 4) is 5.88 Å². The molecule has 10 heteroatoms. The first-order chi connectivity index (χ1) is 11.5. The number of aryl methyl sites for hydroxylation is 1. The minimum absolute atomic E-state index is 0.0259. The van der Waals surface area contributed by atoms with E-state index in [0.717, 1.165) is 0 Å². The maximum absolute atomic E-state index is 12.4. The Bertz CT molecular complexity index is 806. The Morgan fingerprint density at radius 1 is 1.33 bits per heavy atom. The molecule has 0 radical (unpaired) electrons. The molecule has 1 fully saturated rings. The molecule has 1 aliphatic heterocycles. The molecule has 9 nitrogen and oxygen atoms in total. The van der Waals surface area contributed by atoms with Gasteiger partial charge < -0.3 is 14.2 Å². The molecule has 3 rings (SSSR count). The number of hydrogen-bond donors (Lipinski definition) is 1. The lowest BCUT2D eigenvalue weighted by Crippen LogP contribution is -2.37. The molecule has 1 saturated heterocycles. The van der Waals surface area contributed by atoms with Gasteiger partial charge in [0.25, 0.3) is 15.9 Å². The van der Waals surface area contributed by atoms with Gasteiger partial charge in [0.1, 0.15) is 0 Å². The summed E-state index contributed by atoms with van der Waals surface area (Å²) in [5, 5.41) is 0.0259. The number of nitrogens with one attached hydrogen (secondary N) is 1. The zero-order valence-corrected chi connectivity index (χ0v) is 14.4. The largest absolute Gasteiger partial charge is 0.475 e. The average Bonchev–Trinajstić information content (AvgIpc) is 3.17. The predicted octanol–water partition coefficient (Wildman–Crippen LogP) is 0.166. The summed E-state index contributed by atoms with van der Waals surface area (Å²) in [6.07, 6.45) is 6.79. The van der Waals surface area contributed by atoms with E-state index in [1.54, 1.807) is 24.0 Å². The summed E-state index contributed by atoms with van der Waals surface area (Å²) >= 11 is 0. The van der Waals surface area contributed by atoms with Gasteiger partial charge in [-0.2, -0.15) is 0 Å². The SMILES string of the molecule is CCOc1nccnc1N1CCC(NS(=O)(=O)c2cn(C)cn2)C1. The zero-order valence-electron chi connectivity index (χ0n) is 13.6. The normalized spacial score (nSPS) is 18.1. The molecule has 130 valence electrons. The van der Waals surface area contributed by atoms with Crippen LogP contribution in [0.3, 0.4) is 0 Å². The van der Waals surface area contributed by atoms with Crippen LogP contribution in [0.25, 0.3) is 0 Å². The second kappa shape index (κ2) is 6.73. The van der Waals surface area contributed by atoms with Gasteiger partial charge in [0, 0.05) is 44.8 Å². The number of ether oxygens (including phenoxy) is 1. The lowest BCUT2D eigenvalue weighted by atomic mass is 10.3. The van der Waals surface area contributed by atoms with Crippen molar-refractivity contribution in [2.75, 3.05) is 24.6 Å². The van der Waals surface area contributed by atoms with Gasteiger partial charge in [0.2, 0.25) is 0 Å².